The van der Waals surface area contributed by atoms with E-state index in [2.05, 4.69) is 30.8 Å². The van der Waals surface area contributed by atoms with Crippen LogP contribution < -0.4 is 9.47 Å². The summed E-state index contributed by atoms with van der Waals surface area (Å²) in [5, 5.41) is 15.7. The zero-order chi connectivity index (χ0) is 22.2. The number of hydrogen-bond acceptors (Lipinski definition) is 5. The first-order valence-electron chi connectivity index (χ1n) is 10.7. The van der Waals surface area contributed by atoms with Gasteiger partial charge in [-0.3, -0.25) is 0 Å². The maximum atomic E-state index is 11.7. The molecule has 1 aromatic carbocycles. The lowest BCUT2D eigenvalue weighted by Crippen LogP contribution is -2.63. The van der Waals surface area contributed by atoms with E-state index in [0.29, 0.717) is 5.92 Å². The van der Waals surface area contributed by atoms with Crippen molar-refractivity contribution in [3.63, 3.8) is 0 Å². The van der Waals surface area contributed by atoms with Crippen LogP contribution in [-0.4, -0.2) is 36.7 Å². The Morgan fingerprint density at radius 3 is 2.33 bits per heavy atom. The zero-order valence-electron chi connectivity index (χ0n) is 19.0. The third-order valence-corrected chi connectivity index (χ3v) is 8.91. The first-order chi connectivity index (χ1) is 14.1. The Bertz CT molecular complexity index is 800. The second-order valence-electron chi connectivity index (χ2n) is 9.99. The molecule has 7 heteroatoms. The number of nitrogens with zero attached hydrogens (tertiary/aromatic N) is 3. The highest BCUT2D eigenvalue weighted by Gasteiger charge is 2.61. The molecular weight excluding hydrogens is 398 g/mol. The Hall–Kier alpha value is -1.56. The van der Waals surface area contributed by atoms with Gasteiger partial charge >= 0.3 is 0 Å². The summed E-state index contributed by atoms with van der Waals surface area (Å²) in [4.78, 5) is 4.13. The van der Waals surface area contributed by atoms with Crippen LogP contribution in [0.3, 0.4) is 0 Å². The largest absolute Gasteiger partial charge is 0.497 e. The topological polar surface area (TPSA) is 87.5 Å². The number of thioether (sulfide) groups is 1. The Morgan fingerprint density at radius 2 is 1.77 bits per heavy atom. The summed E-state index contributed by atoms with van der Waals surface area (Å²) in [7, 11) is 3.30. The van der Waals surface area contributed by atoms with E-state index in [1.54, 1.807) is 26.0 Å². The van der Waals surface area contributed by atoms with Crippen molar-refractivity contribution in [2.45, 2.75) is 69.9 Å². The lowest BCUT2D eigenvalue weighted by molar-refractivity contribution is -0.167. The van der Waals surface area contributed by atoms with E-state index in [0.717, 1.165) is 41.4 Å². The molecule has 0 aliphatic heterocycles. The third kappa shape index (κ3) is 4.12. The van der Waals surface area contributed by atoms with E-state index in [9.17, 15) is 5.11 Å². The fourth-order valence-corrected chi connectivity index (χ4v) is 7.64. The van der Waals surface area contributed by atoms with Crippen LogP contribution in [0.15, 0.2) is 28.2 Å². The minimum absolute atomic E-state index is 0.000945. The smallest absolute Gasteiger partial charge is 0.123 e. The maximum absolute atomic E-state index is 11.7. The molecule has 2 saturated carbocycles. The number of hydrogen-bond donors (Lipinski definition) is 1. The van der Waals surface area contributed by atoms with Crippen molar-refractivity contribution in [1.82, 2.24) is 0 Å². The van der Waals surface area contributed by atoms with Gasteiger partial charge < -0.3 is 14.6 Å². The SMILES string of the molecule is COc1cc(OC)cc(SC[C@H]2[C@@](C)(O)[C@H](N=[N+]=[N-])C[C@H]3C(C)(C)CCC[C@@]32C)c1. The highest BCUT2D eigenvalue weighted by Crippen LogP contribution is 2.63. The summed E-state index contributed by atoms with van der Waals surface area (Å²) in [6, 6.07) is 5.45. The molecular formula is C23H35N3O3S. The van der Waals surface area contributed by atoms with Gasteiger partial charge in [0, 0.05) is 27.5 Å². The van der Waals surface area contributed by atoms with Gasteiger partial charge in [-0.25, -0.2) is 0 Å². The van der Waals surface area contributed by atoms with Crippen molar-refractivity contribution < 1.29 is 14.6 Å². The van der Waals surface area contributed by atoms with E-state index in [-0.39, 0.29) is 16.7 Å². The molecule has 2 aliphatic carbocycles. The summed E-state index contributed by atoms with van der Waals surface area (Å²) < 4.78 is 10.8. The molecule has 0 spiro atoms. The summed E-state index contributed by atoms with van der Waals surface area (Å²) in [6.45, 7) is 8.88. The third-order valence-electron chi connectivity index (χ3n) is 7.84. The molecule has 0 unspecified atom stereocenters. The molecule has 2 aliphatic rings. The maximum Gasteiger partial charge on any atom is 0.123 e. The molecule has 3 rings (SSSR count). The van der Waals surface area contributed by atoms with Gasteiger partial charge in [0.15, 0.2) is 0 Å². The van der Waals surface area contributed by atoms with Crippen molar-refractivity contribution in [3.05, 3.63) is 28.6 Å². The predicted octanol–water partition coefficient (Wildman–Crippen LogP) is 6.08. The van der Waals surface area contributed by atoms with Gasteiger partial charge in [0.25, 0.3) is 0 Å². The van der Waals surface area contributed by atoms with Gasteiger partial charge in [-0.2, -0.15) is 0 Å². The standard InChI is InChI=1S/C23H35N3O3S/c1-21(2)8-7-9-22(3)18(21)13-20(25-26-24)23(4,27)19(22)14-30-17-11-15(28-5)10-16(12-17)29-6/h10-12,18-20,27H,7-9,13-14H2,1-6H3/t18-,19+,20+,22-,23+/m0/s1. The molecule has 0 aromatic heterocycles. The fraction of sp³-hybridized carbons (Fsp3) is 0.739. The fourth-order valence-electron chi connectivity index (χ4n) is 6.16. The second-order valence-corrected chi connectivity index (χ2v) is 11.1. The summed E-state index contributed by atoms with van der Waals surface area (Å²) >= 11 is 1.71. The van der Waals surface area contributed by atoms with Crippen molar-refractivity contribution in [2.24, 2.45) is 27.8 Å². The predicted molar refractivity (Wildman–Crippen MR) is 121 cm³/mol. The van der Waals surface area contributed by atoms with Gasteiger partial charge in [0.1, 0.15) is 11.5 Å². The van der Waals surface area contributed by atoms with E-state index in [4.69, 9.17) is 15.0 Å². The van der Waals surface area contributed by atoms with Crippen LogP contribution in [0.4, 0.5) is 0 Å². The lowest BCUT2D eigenvalue weighted by atomic mass is 9.45. The van der Waals surface area contributed by atoms with E-state index in [1.807, 2.05) is 25.1 Å². The van der Waals surface area contributed by atoms with Crippen molar-refractivity contribution >= 4 is 11.8 Å². The second kappa shape index (κ2) is 8.52. The average molecular weight is 434 g/mol. The van der Waals surface area contributed by atoms with Gasteiger partial charge in [-0.1, -0.05) is 32.3 Å². The normalized spacial score (nSPS) is 35.1. The van der Waals surface area contributed by atoms with Crippen LogP contribution in [0, 0.1) is 22.7 Å². The van der Waals surface area contributed by atoms with Crippen molar-refractivity contribution in [3.8, 4) is 11.5 Å². The zero-order valence-corrected chi connectivity index (χ0v) is 19.8. The van der Waals surface area contributed by atoms with E-state index < -0.39 is 11.6 Å². The molecule has 0 bridgehead atoms. The Morgan fingerprint density at radius 1 is 1.13 bits per heavy atom. The molecule has 0 saturated heterocycles. The summed E-state index contributed by atoms with van der Waals surface area (Å²) in [5.41, 5.74) is 8.26. The average Bonchev–Trinajstić information content (AvgIpc) is 2.68. The van der Waals surface area contributed by atoms with Crippen LogP contribution in [0.5, 0.6) is 11.5 Å². The van der Waals surface area contributed by atoms with Crippen molar-refractivity contribution in [1.29, 1.82) is 0 Å². The Balaban J connectivity index is 1.96. The molecule has 0 heterocycles. The first kappa shape index (κ1) is 23.1. The van der Waals surface area contributed by atoms with E-state index in [1.165, 1.54) is 6.42 Å². The number of methoxy groups -OCH3 is 2. The molecule has 0 radical (unpaired) electrons. The first-order valence-corrected chi connectivity index (χ1v) is 11.7. The van der Waals surface area contributed by atoms with E-state index >= 15 is 0 Å². The summed E-state index contributed by atoms with van der Waals surface area (Å²) in [6.07, 6.45) is 4.17. The highest BCUT2D eigenvalue weighted by molar-refractivity contribution is 7.99. The Kier molecular flexibility index (Phi) is 6.57. The number of fused-ring (bicyclic) bond motifs is 1. The van der Waals surface area contributed by atoms with Gasteiger partial charge in [0.05, 0.1) is 25.9 Å². The lowest BCUT2D eigenvalue weighted by Gasteiger charge is -2.62. The number of benzene rings is 1. The molecule has 1 aromatic rings. The molecule has 30 heavy (non-hydrogen) atoms. The van der Waals surface area contributed by atoms with Gasteiger partial charge in [-0.05, 0) is 60.6 Å². The van der Waals surface area contributed by atoms with Crippen LogP contribution in [0.2, 0.25) is 0 Å². The monoisotopic (exact) mass is 433 g/mol. The molecule has 5 atom stereocenters. The minimum atomic E-state index is -1.05. The number of ether oxygens (including phenoxy) is 2. The van der Waals surface area contributed by atoms with Crippen LogP contribution in [0.1, 0.15) is 53.4 Å². The Labute approximate surface area is 184 Å². The molecule has 166 valence electrons. The number of rotatable bonds is 6. The van der Waals surface area contributed by atoms with Crippen LogP contribution >= 0.6 is 11.8 Å². The van der Waals surface area contributed by atoms with Gasteiger partial charge in [-0.15, -0.1) is 11.8 Å². The molecule has 6 nitrogen and oxygen atoms in total. The molecule has 1 N–H and O–H groups in total. The molecule has 0 amide bonds. The van der Waals surface area contributed by atoms with Gasteiger partial charge in [0.2, 0.25) is 0 Å². The minimum Gasteiger partial charge on any atom is -0.497 e. The van der Waals surface area contributed by atoms with Crippen molar-refractivity contribution in [2.75, 3.05) is 20.0 Å². The highest BCUT2D eigenvalue weighted by atomic mass is 32.2. The number of aliphatic hydroxyl groups is 1. The quantitative estimate of drug-likeness (QED) is 0.255. The molecule has 2 fully saturated rings. The summed E-state index contributed by atoms with van der Waals surface area (Å²) in [5.74, 6) is 2.65. The number of azide groups is 1. The van der Waals surface area contributed by atoms with Crippen LogP contribution in [-0.2, 0) is 0 Å². The van der Waals surface area contributed by atoms with Crippen LogP contribution in [0.25, 0.3) is 10.4 Å².